The zero-order chi connectivity index (χ0) is 16.5. The molecular formula is C16H17N7O. The van der Waals surface area contributed by atoms with Gasteiger partial charge in [-0.1, -0.05) is 0 Å². The van der Waals surface area contributed by atoms with Gasteiger partial charge in [-0.15, -0.1) is 0 Å². The van der Waals surface area contributed by atoms with Gasteiger partial charge in [0.25, 0.3) is 0 Å². The number of amides is 1. The van der Waals surface area contributed by atoms with Gasteiger partial charge in [-0.05, 0) is 17.7 Å². The van der Waals surface area contributed by atoms with E-state index >= 15 is 0 Å². The molecule has 8 heteroatoms. The summed E-state index contributed by atoms with van der Waals surface area (Å²) in [7, 11) is 1.87. The largest absolute Gasteiger partial charge is 0.341 e. The molecule has 0 aromatic carbocycles. The van der Waals surface area contributed by atoms with E-state index in [1.54, 1.807) is 22.0 Å². The molecule has 1 amide bonds. The fourth-order valence-electron chi connectivity index (χ4n) is 2.74. The summed E-state index contributed by atoms with van der Waals surface area (Å²) in [5.74, 6) is 0.754. The molecule has 1 aliphatic rings. The molecule has 0 unspecified atom stereocenters. The summed E-state index contributed by atoms with van der Waals surface area (Å²) < 4.78 is 3.65. The van der Waals surface area contributed by atoms with Crippen molar-refractivity contribution >= 4 is 17.9 Å². The molecule has 1 aliphatic heterocycles. The van der Waals surface area contributed by atoms with E-state index in [4.69, 9.17) is 0 Å². The molecule has 0 aliphatic carbocycles. The molecular weight excluding hydrogens is 306 g/mol. The number of anilines is 2. The van der Waals surface area contributed by atoms with E-state index in [9.17, 15) is 4.79 Å². The number of hydrogen-bond donors (Lipinski definition) is 1. The van der Waals surface area contributed by atoms with Gasteiger partial charge in [0, 0.05) is 44.3 Å². The molecule has 0 saturated carbocycles. The number of likely N-dealkylation sites (tertiary alicyclic amines) is 1. The third-order valence-corrected chi connectivity index (χ3v) is 4.09. The molecule has 0 spiro atoms. The maximum Gasteiger partial charge on any atom is 0.209 e. The number of carbonyl (C=O) groups is 1. The van der Waals surface area contributed by atoms with Gasteiger partial charge in [0.05, 0.1) is 24.1 Å². The lowest BCUT2D eigenvalue weighted by atomic mass is 10.1. The van der Waals surface area contributed by atoms with Crippen molar-refractivity contribution < 1.29 is 4.79 Å². The fraction of sp³-hybridized carbons (Fsp3) is 0.250. The Balaban J connectivity index is 1.51. The van der Waals surface area contributed by atoms with E-state index in [0.29, 0.717) is 0 Å². The molecule has 24 heavy (non-hydrogen) atoms. The summed E-state index contributed by atoms with van der Waals surface area (Å²) >= 11 is 0. The molecule has 122 valence electrons. The van der Waals surface area contributed by atoms with Crippen molar-refractivity contribution in [1.29, 1.82) is 0 Å². The smallest absolute Gasteiger partial charge is 0.209 e. The van der Waals surface area contributed by atoms with Gasteiger partial charge in [-0.3, -0.25) is 14.2 Å². The molecule has 1 N–H and O–H groups in total. The van der Waals surface area contributed by atoms with Crippen LogP contribution in [0.25, 0.3) is 11.1 Å². The first-order valence-corrected chi connectivity index (χ1v) is 7.67. The molecule has 4 heterocycles. The Labute approximate surface area is 138 Å². The minimum absolute atomic E-state index is 0.263. The lowest BCUT2D eigenvalue weighted by molar-refractivity contribution is -0.123. The van der Waals surface area contributed by atoms with Gasteiger partial charge >= 0.3 is 0 Å². The summed E-state index contributed by atoms with van der Waals surface area (Å²) in [5.41, 5.74) is 2.95. The second kappa shape index (κ2) is 5.80. The SMILES string of the molecule is Cn1cc(Nc2cc(-c3cnn(C4CN(C=O)C4)c3)ccn2)cn1. The lowest BCUT2D eigenvalue weighted by Gasteiger charge is -2.36. The number of nitrogens with one attached hydrogen (secondary N) is 1. The van der Waals surface area contributed by atoms with E-state index in [0.717, 1.165) is 42.1 Å². The van der Waals surface area contributed by atoms with Gasteiger partial charge in [0.15, 0.2) is 0 Å². The first-order chi connectivity index (χ1) is 11.7. The second-order valence-electron chi connectivity index (χ2n) is 5.88. The van der Waals surface area contributed by atoms with Crippen LogP contribution in [0.4, 0.5) is 11.5 Å². The van der Waals surface area contributed by atoms with Crippen molar-refractivity contribution in [3.8, 4) is 11.1 Å². The van der Waals surface area contributed by atoms with Crippen LogP contribution in [0, 0.1) is 0 Å². The first-order valence-electron chi connectivity index (χ1n) is 7.67. The van der Waals surface area contributed by atoms with Crippen LogP contribution in [0.1, 0.15) is 6.04 Å². The quantitative estimate of drug-likeness (QED) is 0.719. The maximum atomic E-state index is 10.7. The van der Waals surface area contributed by atoms with Crippen molar-refractivity contribution in [2.24, 2.45) is 7.05 Å². The number of aryl methyl sites for hydroxylation is 1. The van der Waals surface area contributed by atoms with Crippen molar-refractivity contribution in [3.05, 3.63) is 43.1 Å². The highest BCUT2D eigenvalue weighted by atomic mass is 16.1. The molecule has 0 atom stereocenters. The van der Waals surface area contributed by atoms with Crippen molar-refractivity contribution in [2.45, 2.75) is 6.04 Å². The van der Waals surface area contributed by atoms with Crippen molar-refractivity contribution in [2.75, 3.05) is 18.4 Å². The highest BCUT2D eigenvalue weighted by Gasteiger charge is 2.27. The van der Waals surface area contributed by atoms with Crippen molar-refractivity contribution in [3.63, 3.8) is 0 Å². The normalized spacial score (nSPS) is 14.5. The van der Waals surface area contributed by atoms with Gasteiger partial charge in [0.2, 0.25) is 6.41 Å². The van der Waals surface area contributed by atoms with Gasteiger partial charge < -0.3 is 10.2 Å². The Kier molecular flexibility index (Phi) is 3.49. The van der Waals surface area contributed by atoms with Crippen LogP contribution in [0.5, 0.6) is 0 Å². The number of pyridine rings is 1. The van der Waals surface area contributed by atoms with Crippen LogP contribution in [-0.4, -0.2) is 48.9 Å². The Hall–Kier alpha value is -3.16. The number of carbonyl (C=O) groups excluding carboxylic acids is 1. The third-order valence-electron chi connectivity index (χ3n) is 4.09. The summed E-state index contributed by atoms with van der Waals surface area (Å²) in [6, 6.07) is 4.19. The predicted molar refractivity (Wildman–Crippen MR) is 88.6 cm³/mol. The van der Waals surface area contributed by atoms with Crippen LogP contribution < -0.4 is 5.32 Å². The van der Waals surface area contributed by atoms with E-state index < -0.39 is 0 Å². The number of rotatable bonds is 5. The summed E-state index contributed by atoms with van der Waals surface area (Å²) in [5, 5.41) is 11.8. The molecule has 1 fully saturated rings. The minimum atomic E-state index is 0.263. The highest BCUT2D eigenvalue weighted by Crippen LogP contribution is 2.25. The van der Waals surface area contributed by atoms with Crippen molar-refractivity contribution in [1.82, 2.24) is 29.4 Å². The fourth-order valence-corrected chi connectivity index (χ4v) is 2.74. The van der Waals surface area contributed by atoms with Gasteiger partial charge in [0.1, 0.15) is 5.82 Å². The first kappa shape index (κ1) is 14.4. The van der Waals surface area contributed by atoms with E-state index in [-0.39, 0.29) is 6.04 Å². The van der Waals surface area contributed by atoms with Crippen LogP contribution in [0.3, 0.4) is 0 Å². The Bertz CT molecular complexity index is 863. The standard InChI is InChI=1S/C16H17N7O/c1-21-8-14(6-18-21)20-16-4-12(2-3-17-16)13-5-19-23(7-13)15-9-22(10-15)11-24/h2-8,11,15H,9-10H2,1H3,(H,17,20). The van der Waals surface area contributed by atoms with Crippen LogP contribution in [0.15, 0.2) is 43.1 Å². The third kappa shape index (κ3) is 2.73. The van der Waals surface area contributed by atoms with Crippen LogP contribution >= 0.6 is 0 Å². The molecule has 4 rings (SSSR count). The summed E-state index contributed by atoms with van der Waals surface area (Å²) in [4.78, 5) is 16.7. The molecule has 3 aromatic rings. The number of aromatic nitrogens is 5. The van der Waals surface area contributed by atoms with Gasteiger partial charge in [-0.25, -0.2) is 4.98 Å². The summed E-state index contributed by atoms with van der Waals surface area (Å²) in [6.45, 7) is 1.43. The summed E-state index contributed by atoms with van der Waals surface area (Å²) in [6.07, 6.45) is 10.1. The minimum Gasteiger partial charge on any atom is -0.341 e. The predicted octanol–water partition coefficient (Wildman–Crippen LogP) is 1.44. The molecule has 0 bridgehead atoms. The van der Waals surface area contributed by atoms with E-state index in [1.165, 1.54) is 0 Å². The molecule has 0 radical (unpaired) electrons. The lowest BCUT2D eigenvalue weighted by Crippen LogP contribution is -2.46. The van der Waals surface area contributed by atoms with Gasteiger partial charge in [-0.2, -0.15) is 10.2 Å². The average molecular weight is 323 g/mol. The second-order valence-corrected chi connectivity index (χ2v) is 5.88. The molecule has 3 aromatic heterocycles. The number of hydrogen-bond acceptors (Lipinski definition) is 5. The molecule has 8 nitrogen and oxygen atoms in total. The molecule has 1 saturated heterocycles. The monoisotopic (exact) mass is 323 g/mol. The Morgan fingerprint density at radius 3 is 2.83 bits per heavy atom. The zero-order valence-electron chi connectivity index (χ0n) is 13.2. The zero-order valence-corrected chi connectivity index (χ0v) is 13.2. The van der Waals surface area contributed by atoms with E-state index in [2.05, 4.69) is 20.5 Å². The Morgan fingerprint density at radius 1 is 1.21 bits per heavy atom. The Morgan fingerprint density at radius 2 is 2.08 bits per heavy atom. The maximum absolute atomic E-state index is 10.7. The topological polar surface area (TPSA) is 80.9 Å². The van der Waals surface area contributed by atoms with Crippen LogP contribution in [-0.2, 0) is 11.8 Å². The number of nitrogens with zero attached hydrogens (tertiary/aromatic N) is 6. The van der Waals surface area contributed by atoms with E-state index in [1.807, 2.05) is 42.5 Å². The van der Waals surface area contributed by atoms with Crippen LogP contribution in [0.2, 0.25) is 0 Å². The highest BCUT2D eigenvalue weighted by molar-refractivity contribution is 5.67. The average Bonchev–Trinajstić information content (AvgIpc) is 3.16.